The summed E-state index contributed by atoms with van der Waals surface area (Å²) in [5.74, 6) is 0.00260. The van der Waals surface area contributed by atoms with E-state index < -0.39 is 0 Å². The molecule has 0 saturated heterocycles. The third-order valence-corrected chi connectivity index (χ3v) is 4.08. The normalized spacial score (nSPS) is 11.5. The molecule has 0 spiro atoms. The van der Waals surface area contributed by atoms with Crippen molar-refractivity contribution in [1.82, 2.24) is 19.9 Å². The van der Waals surface area contributed by atoms with Gasteiger partial charge in [0.05, 0.1) is 5.69 Å². The van der Waals surface area contributed by atoms with Gasteiger partial charge < -0.3 is 5.11 Å². The standard InChI is InChI=1S/C18H22N4O/c1-4-21(5-2)12-14-10-13(3)11-17(18(14)23)22-19-15-8-6-7-9-16(15)20-22/h6-11,23H,4-5,12H2,1-3H3/p-1. The average Bonchev–Trinajstić information content (AvgIpc) is 2.99. The number of fused-ring (bicyclic) bond motifs is 1. The lowest BCUT2D eigenvalue weighted by Crippen LogP contribution is -2.23. The van der Waals surface area contributed by atoms with Gasteiger partial charge in [-0.25, -0.2) is 0 Å². The summed E-state index contributed by atoms with van der Waals surface area (Å²) in [6.07, 6.45) is 0. The average molecular weight is 309 g/mol. The van der Waals surface area contributed by atoms with Crippen LogP contribution in [0.25, 0.3) is 16.7 Å². The first-order chi connectivity index (χ1) is 11.1. The molecule has 3 aromatic rings. The Balaban J connectivity index is 2.06. The Kier molecular flexibility index (Phi) is 4.30. The number of rotatable bonds is 5. The van der Waals surface area contributed by atoms with Crippen LogP contribution in [0.1, 0.15) is 25.0 Å². The van der Waals surface area contributed by atoms with Crippen LogP contribution in [0.3, 0.4) is 0 Å². The van der Waals surface area contributed by atoms with Crippen molar-refractivity contribution in [3.8, 4) is 11.4 Å². The van der Waals surface area contributed by atoms with Gasteiger partial charge in [0.2, 0.25) is 0 Å². The summed E-state index contributed by atoms with van der Waals surface area (Å²) >= 11 is 0. The van der Waals surface area contributed by atoms with Crippen molar-refractivity contribution >= 4 is 11.0 Å². The predicted octanol–water partition coefficient (Wildman–Crippen LogP) is 2.64. The first-order valence-corrected chi connectivity index (χ1v) is 7.97. The Hall–Kier alpha value is -2.40. The van der Waals surface area contributed by atoms with Crippen LogP contribution in [0, 0.1) is 6.92 Å². The van der Waals surface area contributed by atoms with Crippen LogP contribution in [0.15, 0.2) is 36.4 Å². The fourth-order valence-corrected chi connectivity index (χ4v) is 2.75. The van der Waals surface area contributed by atoms with Crippen LogP contribution in [-0.4, -0.2) is 33.0 Å². The molecular weight excluding hydrogens is 288 g/mol. The summed E-state index contributed by atoms with van der Waals surface area (Å²) in [6, 6.07) is 11.5. The minimum Gasteiger partial charge on any atom is -0.871 e. The van der Waals surface area contributed by atoms with E-state index in [4.69, 9.17) is 0 Å². The van der Waals surface area contributed by atoms with Crippen molar-refractivity contribution in [3.63, 3.8) is 0 Å². The van der Waals surface area contributed by atoms with E-state index in [0.29, 0.717) is 12.2 Å². The van der Waals surface area contributed by atoms with E-state index in [1.165, 1.54) is 4.80 Å². The van der Waals surface area contributed by atoms with Crippen molar-refractivity contribution in [2.75, 3.05) is 13.1 Å². The Labute approximate surface area is 136 Å². The zero-order chi connectivity index (χ0) is 16.4. The zero-order valence-corrected chi connectivity index (χ0v) is 13.8. The van der Waals surface area contributed by atoms with Crippen LogP contribution in [0.2, 0.25) is 0 Å². The third-order valence-electron chi connectivity index (χ3n) is 4.08. The summed E-state index contributed by atoms with van der Waals surface area (Å²) < 4.78 is 0. The van der Waals surface area contributed by atoms with E-state index in [0.717, 1.165) is 35.2 Å². The minimum absolute atomic E-state index is 0.00260. The number of hydrogen-bond acceptors (Lipinski definition) is 4. The number of aromatic nitrogens is 3. The molecule has 3 rings (SSSR count). The number of nitrogens with zero attached hydrogens (tertiary/aromatic N) is 4. The van der Waals surface area contributed by atoms with Crippen LogP contribution in [0.4, 0.5) is 0 Å². The maximum atomic E-state index is 12.8. The van der Waals surface area contributed by atoms with E-state index in [2.05, 4.69) is 28.9 Å². The van der Waals surface area contributed by atoms with Gasteiger partial charge in [-0.2, -0.15) is 4.80 Å². The Bertz CT molecular complexity index is 788. The molecule has 1 heterocycles. The van der Waals surface area contributed by atoms with Crippen molar-refractivity contribution in [1.29, 1.82) is 0 Å². The molecule has 0 aliphatic carbocycles. The Morgan fingerprint density at radius 2 is 1.65 bits per heavy atom. The maximum Gasteiger partial charge on any atom is 0.113 e. The summed E-state index contributed by atoms with van der Waals surface area (Å²) in [7, 11) is 0. The molecule has 2 aromatic carbocycles. The molecule has 0 N–H and O–H groups in total. The summed E-state index contributed by atoms with van der Waals surface area (Å²) in [5.41, 5.74) is 3.94. The first-order valence-electron chi connectivity index (χ1n) is 7.97. The maximum absolute atomic E-state index is 12.8. The van der Waals surface area contributed by atoms with E-state index >= 15 is 0 Å². The van der Waals surface area contributed by atoms with Crippen molar-refractivity contribution < 1.29 is 5.11 Å². The second kappa shape index (κ2) is 6.38. The number of hydrogen-bond donors (Lipinski definition) is 0. The molecule has 0 aliphatic heterocycles. The van der Waals surface area contributed by atoms with E-state index in [-0.39, 0.29) is 5.75 Å². The molecule has 0 amide bonds. The highest BCUT2D eigenvalue weighted by Gasteiger charge is 2.10. The lowest BCUT2D eigenvalue weighted by molar-refractivity contribution is -0.269. The number of aryl methyl sites for hydroxylation is 1. The third kappa shape index (κ3) is 3.05. The summed E-state index contributed by atoms with van der Waals surface area (Å²) in [4.78, 5) is 3.69. The molecule has 0 unspecified atom stereocenters. The SMILES string of the molecule is CCN(CC)Cc1cc(C)cc(-n2nc3ccccc3n2)c1[O-]. The van der Waals surface area contributed by atoms with Gasteiger partial charge in [0.15, 0.2) is 0 Å². The fraction of sp³-hybridized carbons (Fsp3) is 0.333. The monoisotopic (exact) mass is 309 g/mol. The van der Waals surface area contributed by atoms with Crippen molar-refractivity contribution in [3.05, 3.63) is 47.5 Å². The molecular formula is C18H21N4O-. The lowest BCUT2D eigenvalue weighted by Gasteiger charge is -2.24. The van der Waals surface area contributed by atoms with Crippen LogP contribution in [0.5, 0.6) is 5.75 Å². The quantitative estimate of drug-likeness (QED) is 0.727. The van der Waals surface area contributed by atoms with Crippen LogP contribution < -0.4 is 5.11 Å². The lowest BCUT2D eigenvalue weighted by atomic mass is 10.1. The fourth-order valence-electron chi connectivity index (χ4n) is 2.75. The smallest absolute Gasteiger partial charge is 0.113 e. The molecule has 0 saturated carbocycles. The van der Waals surface area contributed by atoms with Gasteiger partial charge in [0, 0.05) is 6.54 Å². The van der Waals surface area contributed by atoms with Gasteiger partial charge in [0.1, 0.15) is 11.0 Å². The van der Waals surface area contributed by atoms with Crippen molar-refractivity contribution in [2.45, 2.75) is 27.3 Å². The van der Waals surface area contributed by atoms with Gasteiger partial charge in [-0.3, -0.25) is 4.90 Å². The van der Waals surface area contributed by atoms with Gasteiger partial charge >= 0.3 is 0 Å². The molecule has 5 nitrogen and oxygen atoms in total. The molecule has 120 valence electrons. The van der Waals surface area contributed by atoms with Gasteiger partial charge in [-0.05, 0) is 49.3 Å². The second-order valence-electron chi connectivity index (χ2n) is 5.71. The van der Waals surface area contributed by atoms with Gasteiger partial charge in [-0.15, -0.1) is 10.2 Å². The molecule has 0 fully saturated rings. The first kappa shape index (κ1) is 15.5. The van der Waals surface area contributed by atoms with E-state index in [1.807, 2.05) is 43.3 Å². The molecule has 0 atom stereocenters. The molecule has 1 aromatic heterocycles. The molecule has 5 heteroatoms. The topological polar surface area (TPSA) is 57.0 Å². The molecule has 0 bridgehead atoms. The van der Waals surface area contributed by atoms with E-state index in [1.54, 1.807) is 0 Å². The second-order valence-corrected chi connectivity index (χ2v) is 5.71. The predicted molar refractivity (Wildman–Crippen MR) is 89.7 cm³/mol. The molecule has 23 heavy (non-hydrogen) atoms. The highest BCUT2D eigenvalue weighted by molar-refractivity contribution is 5.73. The van der Waals surface area contributed by atoms with Crippen molar-refractivity contribution in [2.24, 2.45) is 0 Å². The summed E-state index contributed by atoms with van der Waals surface area (Å²) in [5, 5.41) is 21.7. The zero-order valence-electron chi connectivity index (χ0n) is 13.8. The highest BCUT2D eigenvalue weighted by Crippen LogP contribution is 2.26. The summed E-state index contributed by atoms with van der Waals surface area (Å²) in [6.45, 7) is 8.70. The Morgan fingerprint density at radius 1 is 1.04 bits per heavy atom. The van der Waals surface area contributed by atoms with Gasteiger partial charge in [0.25, 0.3) is 0 Å². The number of benzene rings is 2. The minimum atomic E-state index is 0.00260. The van der Waals surface area contributed by atoms with E-state index in [9.17, 15) is 5.11 Å². The van der Waals surface area contributed by atoms with Crippen LogP contribution in [-0.2, 0) is 6.54 Å². The molecule has 0 aliphatic rings. The Morgan fingerprint density at radius 3 is 2.22 bits per heavy atom. The van der Waals surface area contributed by atoms with Crippen LogP contribution >= 0.6 is 0 Å². The highest BCUT2D eigenvalue weighted by atomic mass is 16.3. The molecule has 0 radical (unpaired) electrons. The largest absolute Gasteiger partial charge is 0.871 e. The van der Waals surface area contributed by atoms with Gasteiger partial charge in [-0.1, -0.05) is 37.8 Å².